The minimum atomic E-state index is 0.224. The number of ether oxygens (including phenoxy) is 1. The lowest BCUT2D eigenvalue weighted by molar-refractivity contribution is 0.289. The van der Waals surface area contributed by atoms with Gasteiger partial charge in [0.15, 0.2) is 0 Å². The molecule has 0 unspecified atom stereocenters. The van der Waals surface area contributed by atoms with Gasteiger partial charge in [0.1, 0.15) is 10.8 Å². The molecule has 1 heterocycles. The maximum absolute atomic E-state index is 8.89. The zero-order valence-corrected chi connectivity index (χ0v) is 11.5. The number of methoxy groups -OCH3 is 1. The third-order valence-electron chi connectivity index (χ3n) is 2.79. The molecule has 0 aliphatic heterocycles. The predicted octanol–water partition coefficient (Wildman–Crippen LogP) is 3.05. The first-order valence-corrected chi connectivity index (χ1v) is 6.78. The van der Waals surface area contributed by atoms with E-state index in [0.717, 1.165) is 34.9 Å². The molecule has 0 radical (unpaired) electrons. The lowest BCUT2D eigenvalue weighted by Crippen LogP contribution is -1.88. The summed E-state index contributed by atoms with van der Waals surface area (Å²) in [6, 6.07) is 7.91. The highest BCUT2D eigenvalue weighted by Crippen LogP contribution is 2.34. The number of thiazole rings is 1. The Hall–Kier alpha value is -1.39. The van der Waals surface area contributed by atoms with E-state index in [1.807, 2.05) is 31.2 Å². The van der Waals surface area contributed by atoms with Gasteiger partial charge in [-0.15, -0.1) is 11.3 Å². The molecule has 0 saturated carbocycles. The maximum atomic E-state index is 8.89. The Bertz CT molecular complexity index is 522. The number of aliphatic hydroxyl groups excluding tert-OH is 1. The molecule has 18 heavy (non-hydrogen) atoms. The number of hydrogen-bond donors (Lipinski definition) is 1. The molecule has 1 N–H and O–H groups in total. The van der Waals surface area contributed by atoms with E-state index >= 15 is 0 Å². The summed E-state index contributed by atoms with van der Waals surface area (Å²) in [6.45, 7) is 2.24. The van der Waals surface area contributed by atoms with E-state index in [4.69, 9.17) is 9.84 Å². The molecule has 1 aromatic heterocycles. The molecule has 4 heteroatoms. The van der Waals surface area contributed by atoms with Gasteiger partial charge in [-0.3, -0.25) is 0 Å². The Labute approximate surface area is 111 Å². The van der Waals surface area contributed by atoms with Crippen LogP contribution in [0.1, 0.15) is 17.0 Å². The van der Waals surface area contributed by atoms with E-state index in [-0.39, 0.29) is 6.61 Å². The van der Waals surface area contributed by atoms with E-state index < -0.39 is 0 Å². The molecule has 3 nitrogen and oxygen atoms in total. The van der Waals surface area contributed by atoms with Gasteiger partial charge < -0.3 is 9.84 Å². The first kappa shape index (κ1) is 13.1. The van der Waals surface area contributed by atoms with Crippen molar-refractivity contribution in [1.82, 2.24) is 4.98 Å². The Morgan fingerprint density at radius 3 is 2.83 bits per heavy atom. The summed E-state index contributed by atoms with van der Waals surface area (Å²) in [6.07, 6.45) is 1.67. The number of benzene rings is 1. The van der Waals surface area contributed by atoms with Crippen molar-refractivity contribution < 1.29 is 9.84 Å². The second-order valence-electron chi connectivity index (χ2n) is 4.06. The van der Waals surface area contributed by atoms with Crippen LogP contribution in [0.2, 0.25) is 0 Å². The van der Waals surface area contributed by atoms with Crippen LogP contribution in [-0.4, -0.2) is 23.8 Å². The number of aliphatic hydroxyl groups is 1. The quantitative estimate of drug-likeness (QED) is 0.901. The Morgan fingerprint density at radius 2 is 2.11 bits per heavy atom. The lowest BCUT2D eigenvalue weighted by Gasteiger charge is -2.04. The van der Waals surface area contributed by atoms with Gasteiger partial charge in [-0.1, -0.05) is 12.1 Å². The zero-order valence-electron chi connectivity index (χ0n) is 10.6. The minimum absolute atomic E-state index is 0.224. The number of aryl methyl sites for hydroxylation is 2. The van der Waals surface area contributed by atoms with Gasteiger partial charge in [0.25, 0.3) is 0 Å². The fraction of sp³-hybridized carbons (Fsp3) is 0.357. The van der Waals surface area contributed by atoms with E-state index in [1.54, 1.807) is 18.4 Å². The van der Waals surface area contributed by atoms with Gasteiger partial charge in [-0.25, -0.2) is 4.98 Å². The van der Waals surface area contributed by atoms with Crippen LogP contribution in [0.4, 0.5) is 0 Å². The van der Waals surface area contributed by atoms with Crippen LogP contribution < -0.4 is 4.74 Å². The Morgan fingerprint density at radius 1 is 1.33 bits per heavy atom. The summed E-state index contributed by atoms with van der Waals surface area (Å²) in [5.41, 5.74) is 2.08. The first-order chi connectivity index (χ1) is 8.76. The standard InChI is InChI=1S/C14H17NO2S/c1-10-13(8-5-9-16)18-14(15-10)11-6-3-4-7-12(11)17-2/h3-4,6-7,16H,5,8-9H2,1-2H3. The van der Waals surface area contributed by atoms with Gasteiger partial charge in [0.05, 0.1) is 18.4 Å². The second-order valence-corrected chi connectivity index (χ2v) is 5.14. The Kier molecular flexibility index (Phi) is 4.33. The molecular formula is C14H17NO2S. The summed E-state index contributed by atoms with van der Waals surface area (Å²) < 4.78 is 5.36. The van der Waals surface area contributed by atoms with Crippen LogP contribution in [0.5, 0.6) is 5.75 Å². The predicted molar refractivity (Wildman–Crippen MR) is 74.2 cm³/mol. The monoisotopic (exact) mass is 263 g/mol. The number of nitrogens with zero attached hydrogens (tertiary/aromatic N) is 1. The number of para-hydroxylation sites is 1. The SMILES string of the molecule is COc1ccccc1-c1nc(C)c(CCCO)s1. The summed E-state index contributed by atoms with van der Waals surface area (Å²) in [7, 11) is 1.67. The summed E-state index contributed by atoms with van der Waals surface area (Å²) in [5, 5.41) is 9.87. The summed E-state index contributed by atoms with van der Waals surface area (Å²) in [4.78, 5) is 5.84. The largest absolute Gasteiger partial charge is 0.496 e. The molecule has 2 rings (SSSR count). The summed E-state index contributed by atoms with van der Waals surface area (Å²) in [5.74, 6) is 0.847. The molecule has 0 fully saturated rings. The van der Waals surface area contributed by atoms with E-state index in [1.165, 1.54) is 4.88 Å². The van der Waals surface area contributed by atoms with Crippen LogP contribution in [-0.2, 0) is 6.42 Å². The zero-order chi connectivity index (χ0) is 13.0. The third-order valence-corrected chi connectivity index (χ3v) is 4.04. The molecule has 0 spiro atoms. The highest BCUT2D eigenvalue weighted by atomic mass is 32.1. The summed E-state index contributed by atoms with van der Waals surface area (Å²) >= 11 is 1.68. The molecule has 96 valence electrons. The normalized spacial score (nSPS) is 10.6. The van der Waals surface area contributed by atoms with E-state index in [2.05, 4.69) is 4.98 Å². The third kappa shape index (κ3) is 2.71. The van der Waals surface area contributed by atoms with Crippen molar-refractivity contribution in [2.24, 2.45) is 0 Å². The smallest absolute Gasteiger partial charge is 0.129 e. The minimum Gasteiger partial charge on any atom is -0.496 e. The second kappa shape index (κ2) is 5.98. The van der Waals surface area contributed by atoms with Crippen molar-refractivity contribution in [2.75, 3.05) is 13.7 Å². The van der Waals surface area contributed by atoms with Crippen LogP contribution in [0.25, 0.3) is 10.6 Å². The molecule has 0 amide bonds. The van der Waals surface area contributed by atoms with Gasteiger partial charge in [-0.05, 0) is 31.9 Å². The van der Waals surface area contributed by atoms with Gasteiger partial charge in [0, 0.05) is 11.5 Å². The molecule has 2 aromatic rings. The van der Waals surface area contributed by atoms with Crippen molar-refractivity contribution in [3.63, 3.8) is 0 Å². The Balaban J connectivity index is 2.33. The van der Waals surface area contributed by atoms with Crippen molar-refractivity contribution >= 4 is 11.3 Å². The molecule has 0 saturated heterocycles. The molecule has 0 atom stereocenters. The average molecular weight is 263 g/mol. The molecule has 1 aromatic carbocycles. The number of hydrogen-bond acceptors (Lipinski definition) is 4. The molecule has 0 bridgehead atoms. The van der Waals surface area contributed by atoms with E-state index in [9.17, 15) is 0 Å². The van der Waals surface area contributed by atoms with E-state index in [0.29, 0.717) is 0 Å². The fourth-order valence-electron chi connectivity index (χ4n) is 1.84. The van der Waals surface area contributed by atoms with Crippen molar-refractivity contribution in [2.45, 2.75) is 19.8 Å². The highest BCUT2D eigenvalue weighted by Gasteiger charge is 2.12. The topological polar surface area (TPSA) is 42.4 Å². The van der Waals surface area contributed by atoms with Gasteiger partial charge >= 0.3 is 0 Å². The fourth-order valence-corrected chi connectivity index (χ4v) is 2.97. The average Bonchev–Trinajstić information content (AvgIpc) is 2.77. The van der Waals surface area contributed by atoms with Gasteiger partial charge in [-0.2, -0.15) is 0 Å². The van der Waals surface area contributed by atoms with Crippen molar-refractivity contribution in [3.8, 4) is 16.3 Å². The highest BCUT2D eigenvalue weighted by molar-refractivity contribution is 7.15. The van der Waals surface area contributed by atoms with Crippen LogP contribution in [0.3, 0.4) is 0 Å². The lowest BCUT2D eigenvalue weighted by atomic mass is 10.2. The van der Waals surface area contributed by atoms with Crippen molar-refractivity contribution in [1.29, 1.82) is 0 Å². The number of rotatable bonds is 5. The van der Waals surface area contributed by atoms with Gasteiger partial charge in [0.2, 0.25) is 0 Å². The van der Waals surface area contributed by atoms with Crippen LogP contribution in [0.15, 0.2) is 24.3 Å². The van der Waals surface area contributed by atoms with Crippen LogP contribution in [0, 0.1) is 6.92 Å². The molecule has 0 aliphatic rings. The number of aromatic nitrogens is 1. The molecule has 0 aliphatic carbocycles. The van der Waals surface area contributed by atoms with Crippen molar-refractivity contribution in [3.05, 3.63) is 34.8 Å². The maximum Gasteiger partial charge on any atom is 0.129 e. The van der Waals surface area contributed by atoms with Crippen LogP contribution >= 0.6 is 11.3 Å². The first-order valence-electron chi connectivity index (χ1n) is 5.96. The molecular weight excluding hydrogens is 246 g/mol.